The summed E-state index contributed by atoms with van der Waals surface area (Å²) < 4.78 is 5.35. The van der Waals surface area contributed by atoms with Crippen LogP contribution >= 0.6 is 24.0 Å². The smallest absolute Gasteiger partial charge is 0.191 e. The van der Waals surface area contributed by atoms with Crippen LogP contribution in [0.3, 0.4) is 0 Å². The van der Waals surface area contributed by atoms with Gasteiger partial charge in [0.2, 0.25) is 0 Å². The number of halogens is 1. The second-order valence-corrected chi connectivity index (χ2v) is 6.29. The molecule has 1 fully saturated rings. The Morgan fingerprint density at radius 3 is 2.75 bits per heavy atom. The third kappa shape index (κ3) is 7.88. The molecule has 0 aromatic carbocycles. The number of nitrogens with zero attached hydrogens (tertiary/aromatic N) is 2. The minimum atomic E-state index is 0. The van der Waals surface area contributed by atoms with Crippen LogP contribution in [-0.2, 0) is 6.42 Å². The van der Waals surface area contributed by atoms with E-state index in [0.717, 1.165) is 50.4 Å². The topological polar surface area (TPSA) is 52.8 Å². The van der Waals surface area contributed by atoms with Crippen LogP contribution in [0.15, 0.2) is 27.8 Å². The van der Waals surface area contributed by atoms with Crippen molar-refractivity contribution >= 4 is 29.9 Å². The predicted octanol–water partition coefficient (Wildman–Crippen LogP) is 3.26. The average molecular weight is 448 g/mol. The number of likely N-dealkylation sites (N-methyl/N-ethyl adjacent to an activating group) is 1. The highest BCUT2D eigenvalue weighted by Crippen LogP contribution is 2.21. The van der Waals surface area contributed by atoms with E-state index in [1.54, 1.807) is 6.26 Å². The van der Waals surface area contributed by atoms with Crippen LogP contribution in [0.2, 0.25) is 0 Å². The Hall–Kier alpha value is -0.760. The maximum atomic E-state index is 5.35. The summed E-state index contributed by atoms with van der Waals surface area (Å²) in [6.07, 6.45) is 9.47. The van der Waals surface area contributed by atoms with E-state index in [1.165, 1.54) is 32.1 Å². The van der Waals surface area contributed by atoms with Crippen LogP contribution in [0.4, 0.5) is 0 Å². The Bertz CT molecular complexity index is 444. The second kappa shape index (κ2) is 12.6. The van der Waals surface area contributed by atoms with Gasteiger partial charge in [0.25, 0.3) is 0 Å². The Kier molecular flexibility index (Phi) is 11.2. The third-order valence-corrected chi connectivity index (χ3v) is 4.51. The first-order chi connectivity index (χ1) is 11.3. The summed E-state index contributed by atoms with van der Waals surface area (Å²) >= 11 is 0. The fraction of sp³-hybridized carbons (Fsp3) is 0.722. The zero-order valence-electron chi connectivity index (χ0n) is 15.1. The molecule has 1 heterocycles. The van der Waals surface area contributed by atoms with Gasteiger partial charge in [0, 0.05) is 32.1 Å². The summed E-state index contributed by atoms with van der Waals surface area (Å²) in [7, 11) is 2.24. The molecule has 0 saturated heterocycles. The molecule has 0 spiro atoms. The first kappa shape index (κ1) is 21.3. The van der Waals surface area contributed by atoms with Crippen molar-refractivity contribution in [2.45, 2.75) is 51.5 Å². The summed E-state index contributed by atoms with van der Waals surface area (Å²) in [5, 5.41) is 6.68. The molecule has 6 heteroatoms. The molecule has 5 nitrogen and oxygen atoms in total. The summed E-state index contributed by atoms with van der Waals surface area (Å²) in [6.45, 7) is 5.67. The third-order valence-electron chi connectivity index (χ3n) is 4.51. The van der Waals surface area contributed by atoms with Gasteiger partial charge in [-0.25, -0.2) is 0 Å². The Labute approximate surface area is 163 Å². The van der Waals surface area contributed by atoms with Gasteiger partial charge >= 0.3 is 0 Å². The lowest BCUT2D eigenvalue weighted by molar-refractivity contribution is 0.196. The van der Waals surface area contributed by atoms with E-state index < -0.39 is 0 Å². The molecule has 1 saturated carbocycles. The molecule has 1 aromatic rings. The van der Waals surface area contributed by atoms with Crippen LogP contribution < -0.4 is 10.6 Å². The molecule has 0 amide bonds. The van der Waals surface area contributed by atoms with Gasteiger partial charge in [-0.2, -0.15) is 0 Å². The van der Waals surface area contributed by atoms with Crippen LogP contribution in [-0.4, -0.2) is 50.1 Å². The quantitative estimate of drug-likeness (QED) is 0.364. The standard InChI is InChI=1S/C18H32N4O.HI/c1-3-19-18(20-12-11-17-10-7-15-23-17)21-13-14-22(2)16-8-5-4-6-9-16;/h7,10,15-16H,3-6,8-9,11-14H2,1-2H3,(H2,19,20,21);1H. The van der Waals surface area contributed by atoms with Crippen molar-refractivity contribution in [3.05, 3.63) is 24.2 Å². The van der Waals surface area contributed by atoms with Crippen molar-refractivity contribution in [2.75, 3.05) is 33.2 Å². The summed E-state index contributed by atoms with van der Waals surface area (Å²) in [5.74, 6) is 1.90. The molecule has 0 aliphatic heterocycles. The molecule has 1 aliphatic rings. The van der Waals surface area contributed by atoms with Crippen molar-refractivity contribution < 1.29 is 4.42 Å². The lowest BCUT2D eigenvalue weighted by Gasteiger charge is -2.30. The highest BCUT2D eigenvalue weighted by Gasteiger charge is 2.17. The highest BCUT2D eigenvalue weighted by atomic mass is 127. The number of furan rings is 1. The van der Waals surface area contributed by atoms with E-state index in [4.69, 9.17) is 4.42 Å². The molecular weight excluding hydrogens is 415 g/mol. The maximum Gasteiger partial charge on any atom is 0.191 e. The molecular formula is C18H33IN4O. The number of hydrogen-bond donors (Lipinski definition) is 2. The Morgan fingerprint density at radius 1 is 1.29 bits per heavy atom. The van der Waals surface area contributed by atoms with Crippen LogP contribution in [0.1, 0.15) is 44.8 Å². The highest BCUT2D eigenvalue weighted by molar-refractivity contribution is 14.0. The number of hydrogen-bond acceptors (Lipinski definition) is 3. The molecule has 138 valence electrons. The number of guanidine groups is 1. The zero-order valence-corrected chi connectivity index (χ0v) is 17.4. The molecule has 2 N–H and O–H groups in total. The van der Waals surface area contributed by atoms with Gasteiger partial charge in [0.1, 0.15) is 5.76 Å². The minimum absolute atomic E-state index is 0. The van der Waals surface area contributed by atoms with Gasteiger partial charge in [-0.1, -0.05) is 19.3 Å². The second-order valence-electron chi connectivity index (χ2n) is 6.29. The van der Waals surface area contributed by atoms with Gasteiger partial charge in [-0.05, 0) is 38.9 Å². The Morgan fingerprint density at radius 2 is 2.08 bits per heavy atom. The van der Waals surface area contributed by atoms with E-state index >= 15 is 0 Å². The number of aliphatic imine (C=N–C) groups is 1. The molecule has 1 aromatic heterocycles. The van der Waals surface area contributed by atoms with Crippen LogP contribution in [0, 0.1) is 0 Å². The molecule has 0 atom stereocenters. The van der Waals surface area contributed by atoms with E-state index in [1.807, 2.05) is 12.1 Å². The molecule has 1 aliphatic carbocycles. The average Bonchev–Trinajstić information content (AvgIpc) is 3.09. The van der Waals surface area contributed by atoms with Gasteiger partial charge in [-0.3, -0.25) is 4.99 Å². The number of rotatable bonds is 8. The fourth-order valence-electron chi connectivity index (χ4n) is 3.12. The normalized spacial score (nSPS) is 16.0. The molecule has 0 bridgehead atoms. The molecule has 0 radical (unpaired) electrons. The van der Waals surface area contributed by atoms with Gasteiger partial charge in [-0.15, -0.1) is 24.0 Å². The van der Waals surface area contributed by atoms with E-state index in [2.05, 4.69) is 34.5 Å². The SMILES string of the molecule is CCNC(=NCCN(C)C1CCCCC1)NCCc1ccco1.I. The van der Waals surface area contributed by atoms with Crippen molar-refractivity contribution in [3.63, 3.8) is 0 Å². The first-order valence-electron chi connectivity index (χ1n) is 9.04. The zero-order chi connectivity index (χ0) is 16.3. The molecule has 24 heavy (non-hydrogen) atoms. The fourth-order valence-corrected chi connectivity index (χ4v) is 3.12. The lowest BCUT2D eigenvalue weighted by atomic mass is 9.94. The largest absolute Gasteiger partial charge is 0.469 e. The summed E-state index contributed by atoms with van der Waals surface area (Å²) in [6, 6.07) is 4.69. The van der Waals surface area contributed by atoms with Gasteiger partial charge in [0.15, 0.2) is 5.96 Å². The van der Waals surface area contributed by atoms with Gasteiger partial charge in [0.05, 0.1) is 12.8 Å². The minimum Gasteiger partial charge on any atom is -0.469 e. The predicted molar refractivity (Wildman–Crippen MR) is 111 cm³/mol. The number of nitrogens with one attached hydrogen (secondary N) is 2. The van der Waals surface area contributed by atoms with Crippen molar-refractivity contribution in [1.82, 2.24) is 15.5 Å². The molecule has 0 unspecified atom stereocenters. The van der Waals surface area contributed by atoms with Crippen molar-refractivity contribution in [1.29, 1.82) is 0 Å². The van der Waals surface area contributed by atoms with Crippen LogP contribution in [0.5, 0.6) is 0 Å². The summed E-state index contributed by atoms with van der Waals surface area (Å²) in [5.41, 5.74) is 0. The van der Waals surface area contributed by atoms with E-state index in [-0.39, 0.29) is 24.0 Å². The lowest BCUT2D eigenvalue weighted by Crippen LogP contribution is -2.39. The van der Waals surface area contributed by atoms with Crippen LogP contribution in [0.25, 0.3) is 0 Å². The molecule has 2 rings (SSSR count). The maximum absolute atomic E-state index is 5.35. The summed E-state index contributed by atoms with van der Waals surface area (Å²) in [4.78, 5) is 7.17. The van der Waals surface area contributed by atoms with E-state index in [9.17, 15) is 0 Å². The van der Waals surface area contributed by atoms with Crippen molar-refractivity contribution in [2.24, 2.45) is 4.99 Å². The van der Waals surface area contributed by atoms with Crippen molar-refractivity contribution in [3.8, 4) is 0 Å². The monoisotopic (exact) mass is 448 g/mol. The first-order valence-corrected chi connectivity index (χ1v) is 9.04. The van der Waals surface area contributed by atoms with E-state index in [0.29, 0.717) is 0 Å². The Balaban J connectivity index is 0.00000288. The van der Waals surface area contributed by atoms with Gasteiger partial charge < -0.3 is 20.0 Å².